The Kier molecular flexibility index (Phi) is 5.21. The van der Waals surface area contributed by atoms with E-state index in [4.69, 9.17) is 4.42 Å². The van der Waals surface area contributed by atoms with E-state index in [1.54, 1.807) is 48.7 Å². The van der Waals surface area contributed by atoms with E-state index in [0.717, 1.165) is 16.5 Å². The smallest absolute Gasteiger partial charge is 0.255 e. The molecule has 1 aromatic heterocycles. The van der Waals surface area contributed by atoms with E-state index >= 15 is 0 Å². The number of hydrogen-bond acceptors (Lipinski definition) is 3. The number of anilines is 2. The predicted molar refractivity (Wildman–Crippen MR) is 115 cm³/mol. The van der Waals surface area contributed by atoms with Crippen molar-refractivity contribution in [2.45, 2.75) is 0 Å². The number of hydrogen-bond donors (Lipinski definition) is 2. The normalized spacial score (nSPS) is 10.9. The molecular formula is C24H18N2O3. The van der Waals surface area contributed by atoms with Crippen LogP contribution in [0.2, 0.25) is 0 Å². The van der Waals surface area contributed by atoms with Gasteiger partial charge in [0.25, 0.3) is 5.91 Å². The molecule has 5 nitrogen and oxygen atoms in total. The highest BCUT2D eigenvalue weighted by atomic mass is 16.3. The molecule has 2 N–H and O–H groups in total. The molecule has 4 rings (SSSR count). The van der Waals surface area contributed by atoms with Crippen LogP contribution in [0.4, 0.5) is 11.4 Å². The Bertz CT molecular complexity index is 1170. The second-order valence-corrected chi connectivity index (χ2v) is 6.40. The van der Waals surface area contributed by atoms with Crippen LogP contribution in [0, 0.1) is 0 Å². The Morgan fingerprint density at radius 2 is 1.59 bits per heavy atom. The lowest BCUT2D eigenvalue weighted by atomic mass is 10.1. The van der Waals surface area contributed by atoms with Gasteiger partial charge in [0.15, 0.2) is 0 Å². The van der Waals surface area contributed by atoms with E-state index in [1.807, 2.05) is 42.5 Å². The largest absolute Gasteiger partial charge is 0.465 e. The van der Waals surface area contributed by atoms with Gasteiger partial charge in [-0.1, -0.05) is 36.4 Å². The van der Waals surface area contributed by atoms with Gasteiger partial charge in [0, 0.05) is 28.4 Å². The molecule has 142 valence electrons. The summed E-state index contributed by atoms with van der Waals surface area (Å²) in [6, 6.07) is 23.9. The Labute approximate surface area is 167 Å². The fourth-order valence-electron chi connectivity index (χ4n) is 2.96. The lowest BCUT2D eigenvalue weighted by Gasteiger charge is -2.09. The third-order valence-electron chi connectivity index (χ3n) is 4.39. The van der Waals surface area contributed by atoms with E-state index in [9.17, 15) is 9.59 Å². The van der Waals surface area contributed by atoms with Crippen LogP contribution in [0.25, 0.3) is 16.8 Å². The van der Waals surface area contributed by atoms with Crippen LogP contribution in [0.3, 0.4) is 0 Å². The maximum atomic E-state index is 12.6. The molecule has 0 aliphatic heterocycles. The molecule has 0 unspecified atom stereocenters. The summed E-state index contributed by atoms with van der Waals surface area (Å²) in [6.45, 7) is 0. The van der Waals surface area contributed by atoms with Crippen LogP contribution in [0.15, 0.2) is 95.6 Å². The van der Waals surface area contributed by atoms with Crippen molar-refractivity contribution >= 4 is 40.0 Å². The molecule has 3 aromatic carbocycles. The summed E-state index contributed by atoms with van der Waals surface area (Å²) in [5, 5.41) is 7.74. The Morgan fingerprint density at radius 1 is 0.793 bits per heavy atom. The third kappa shape index (κ3) is 4.42. The second kappa shape index (κ2) is 8.27. The summed E-state index contributed by atoms with van der Waals surface area (Å²) in [5.41, 5.74) is 1.86. The van der Waals surface area contributed by atoms with Gasteiger partial charge >= 0.3 is 0 Å². The highest BCUT2D eigenvalue weighted by molar-refractivity contribution is 6.09. The van der Waals surface area contributed by atoms with E-state index < -0.39 is 0 Å². The van der Waals surface area contributed by atoms with Crippen molar-refractivity contribution in [3.63, 3.8) is 0 Å². The van der Waals surface area contributed by atoms with Gasteiger partial charge in [-0.25, -0.2) is 0 Å². The molecule has 2 amide bonds. The molecule has 0 fully saturated rings. The number of nitrogens with one attached hydrogen (secondary N) is 2. The van der Waals surface area contributed by atoms with Gasteiger partial charge in [0.2, 0.25) is 5.91 Å². The third-order valence-corrected chi connectivity index (χ3v) is 4.39. The molecule has 0 radical (unpaired) electrons. The predicted octanol–water partition coefficient (Wildman–Crippen LogP) is 5.34. The first-order valence-corrected chi connectivity index (χ1v) is 9.11. The van der Waals surface area contributed by atoms with Crippen molar-refractivity contribution in [2.75, 3.05) is 10.6 Å². The minimum Gasteiger partial charge on any atom is -0.465 e. The molecule has 0 saturated heterocycles. The van der Waals surface area contributed by atoms with Gasteiger partial charge in [0.05, 0.1) is 6.26 Å². The van der Waals surface area contributed by atoms with Crippen LogP contribution < -0.4 is 10.6 Å². The highest BCUT2D eigenvalue weighted by Gasteiger charge is 2.09. The lowest BCUT2D eigenvalue weighted by molar-refractivity contribution is -0.111. The maximum absolute atomic E-state index is 12.6. The quantitative estimate of drug-likeness (QED) is 0.458. The van der Waals surface area contributed by atoms with E-state index in [2.05, 4.69) is 10.6 Å². The number of furan rings is 1. The Hall–Kier alpha value is -4.12. The molecule has 5 heteroatoms. The van der Waals surface area contributed by atoms with Gasteiger partial charge in [0.1, 0.15) is 5.76 Å². The molecule has 0 aliphatic carbocycles. The van der Waals surface area contributed by atoms with Gasteiger partial charge < -0.3 is 15.1 Å². The van der Waals surface area contributed by atoms with Crippen LogP contribution in [0.1, 0.15) is 16.1 Å². The molecule has 0 saturated carbocycles. The van der Waals surface area contributed by atoms with Crippen LogP contribution in [-0.4, -0.2) is 11.8 Å². The first kappa shape index (κ1) is 18.3. The monoisotopic (exact) mass is 382 g/mol. The van der Waals surface area contributed by atoms with Crippen molar-refractivity contribution in [3.8, 4) is 0 Å². The lowest BCUT2D eigenvalue weighted by Crippen LogP contribution is -2.12. The fourth-order valence-corrected chi connectivity index (χ4v) is 2.96. The molecular weight excluding hydrogens is 364 g/mol. The van der Waals surface area contributed by atoms with Gasteiger partial charge in [-0.2, -0.15) is 0 Å². The summed E-state index contributed by atoms with van der Waals surface area (Å²) < 4.78 is 5.14. The molecule has 0 aliphatic rings. The molecule has 0 spiro atoms. The summed E-state index contributed by atoms with van der Waals surface area (Å²) in [4.78, 5) is 24.6. The molecule has 1 heterocycles. The van der Waals surface area contributed by atoms with Crippen molar-refractivity contribution in [2.24, 2.45) is 0 Å². The van der Waals surface area contributed by atoms with Gasteiger partial charge in [-0.05, 0) is 53.9 Å². The van der Waals surface area contributed by atoms with Crippen molar-refractivity contribution < 1.29 is 14.0 Å². The average molecular weight is 382 g/mol. The highest BCUT2D eigenvalue weighted by Crippen LogP contribution is 2.23. The molecule has 0 bridgehead atoms. The van der Waals surface area contributed by atoms with E-state index in [-0.39, 0.29) is 11.8 Å². The topological polar surface area (TPSA) is 71.3 Å². The molecule has 4 aromatic rings. The number of fused-ring (bicyclic) bond motifs is 1. The number of benzene rings is 3. The maximum Gasteiger partial charge on any atom is 0.255 e. The minimum absolute atomic E-state index is 0.211. The zero-order valence-electron chi connectivity index (χ0n) is 15.5. The first-order valence-electron chi connectivity index (χ1n) is 9.11. The van der Waals surface area contributed by atoms with Crippen LogP contribution in [0.5, 0.6) is 0 Å². The van der Waals surface area contributed by atoms with Gasteiger partial charge in [-0.15, -0.1) is 0 Å². The SMILES string of the molecule is O=C(C=Cc1ccco1)Nc1ccc(C(=O)Nc2cccc3ccccc23)cc1. The van der Waals surface area contributed by atoms with Crippen molar-refractivity contribution in [3.05, 3.63) is 103 Å². The number of carbonyl (C=O) groups is 2. The number of rotatable bonds is 5. The minimum atomic E-state index is -0.283. The average Bonchev–Trinajstić information content (AvgIpc) is 3.27. The Balaban J connectivity index is 1.42. The standard InChI is InChI=1S/C24H18N2O3/c27-23(15-14-20-7-4-16-29-20)25-19-12-10-18(11-13-19)24(28)26-22-9-3-6-17-5-1-2-8-21(17)22/h1-16H,(H,25,27)(H,26,28). The van der Waals surface area contributed by atoms with Crippen LogP contribution in [-0.2, 0) is 4.79 Å². The zero-order chi connectivity index (χ0) is 20.1. The first-order chi connectivity index (χ1) is 14.2. The van der Waals surface area contributed by atoms with E-state index in [1.165, 1.54) is 6.08 Å². The molecule has 0 atom stereocenters. The van der Waals surface area contributed by atoms with Crippen molar-refractivity contribution in [1.82, 2.24) is 0 Å². The summed E-state index contributed by atoms with van der Waals surface area (Å²) in [7, 11) is 0. The van der Waals surface area contributed by atoms with Gasteiger partial charge in [-0.3, -0.25) is 9.59 Å². The fraction of sp³-hybridized carbons (Fsp3) is 0. The van der Waals surface area contributed by atoms with Crippen molar-refractivity contribution in [1.29, 1.82) is 0 Å². The zero-order valence-corrected chi connectivity index (χ0v) is 15.5. The second-order valence-electron chi connectivity index (χ2n) is 6.40. The number of carbonyl (C=O) groups excluding carboxylic acids is 2. The van der Waals surface area contributed by atoms with E-state index in [0.29, 0.717) is 17.0 Å². The summed E-state index contributed by atoms with van der Waals surface area (Å²) in [6.07, 6.45) is 4.51. The Morgan fingerprint density at radius 3 is 2.38 bits per heavy atom. The summed E-state index contributed by atoms with van der Waals surface area (Å²) in [5.74, 6) is 0.104. The molecule has 29 heavy (non-hydrogen) atoms. The number of amides is 2. The summed E-state index contributed by atoms with van der Waals surface area (Å²) >= 11 is 0. The van der Waals surface area contributed by atoms with Crippen LogP contribution >= 0.6 is 0 Å².